The van der Waals surface area contributed by atoms with Gasteiger partial charge in [-0.25, -0.2) is 0 Å². The van der Waals surface area contributed by atoms with Crippen molar-refractivity contribution in [3.63, 3.8) is 0 Å². The molecule has 0 aliphatic heterocycles. The molecule has 0 spiro atoms. The summed E-state index contributed by atoms with van der Waals surface area (Å²) in [6.45, 7) is 1.34. The number of aliphatic hydroxyl groups excluding tert-OH is 2. The van der Waals surface area contributed by atoms with Crippen molar-refractivity contribution in [2.45, 2.75) is 12.5 Å². The lowest BCUT2D eigenvalue weighted by Crippen LogP contribution is -2.31. The zero-order chi connectivity index (χ0) is 18.1. The van der Waals surface area contributed by atoms with E-state index >= 15 is 0 Å². The highest BCUT2D eigenvalue weighted by molar-refractivity contribution is 6.20. The maximum absolute atomic E-state index is 9.52. The van der Waals surface area contributed by atoms with Gasteiger partial charge in [-0.05, 0) is 45.3 Å². The quantitative estimate of drug-likeness (QED) is 0.428. The number of nitrogens with zero attached hydrogens (tertiary/aromatic N) is 1. The molecule has 0 aromatic heterocycles. The molecule has 4 aromatic carbocycles. The van der Waals surface area contributed by atoms with E-state index in [1.54, 1.807) is 13.1 Å². The molecule has 0 fully saturated rings. The topological polar surface area (TPSA) is 52.8 Å². The van der Waals surface area contributed by atoms with Gasteiger partial charge in [-0.3, -0.25) is 4.99 Å². The lowest BCUT2D eigenvalue weighted by Gasteiger charge is -2.19. The molecule has 0 aliphatic rings. The molecule has 0 bridgehead atoms. The van der Waals surface area contributed by atoms with Crippen LogP contribution in [-0.2, 0) is 0 Å². The summed E-state index contributed by atoms with van der Waals surface area (Å²) in [5.41, 5.74) is 0.104. The van der Waals surface area contributed by atoms with Crippen LogP contribution in [0.15, 0.2) is 71.7 Å². The van der Waals surface area contributed by atoms with E-state index in [4.69, 9.17) is 0 Å². The van der Waals surface area contributed by atoms with Crippen molar-refractivity contribution in [3.8, 4) is 0 Å². The minimum absolute atomic E-state index is 0.200. The molecule has 130 valence electrons. The summed E-state index contributed by atoms with van der Waals surface area (Å²) in [7, 11) is 0. The Labute approximate surface area is 152 Å². The summed E-state index contributed by atoms with van der Waals surface area (Å²) in [5.74, 6) is 0. The average molecular weight is 343 g/mol. The van der Waals surface area contributed by atoms with Crippen LogP contribution >= 0.6 is 0 Å². The van der Waals surface area contributed by atoms with Crippen molar-refractivity contribution >= 4 is 38.5 Å². The summed E-state index contributed by atoms with van der Waals surface area (Å²) in [4.78, 5) is 4.47. The zero-order valence-corrected chi connectivity index (χ0v) is 14.7. The van der Waals surface area contributed by atoms with Crippen LogP contribution in [0.25, 0.3) is 32.3 Å². The Morgan fingerprint density at radius 1 is 0.769 bits per heavy atom. The lowest BCUT2D eigenvalue weighted by atomic mass is 9.94. The van der Waals surface area contributed by atoms with Crippen LogP contribution in [0.1, 0.15) is 12.5 Å². The van der Waals surface area contributed by atoms with E-state index in [1.807, 2.05) is 18.2 Å². The van der Waals surface area contributed by atoms with Crippen LogP contribution in [0.3, 0.4) is 0 Å². The van der Waals surface area contributed by atoms with E-state index in [-0.39, 0.29) is 13.2 Å². The van der Waals surface area contributed by atoms with Gasteiger partial charge in [0.25, 0.3) is 0 Å². The predicted molar refractivity (Wildman–Crippen MR) is 109 cm³/mol. The molecule has 0 saturated carbocycles. The lowest BCUT2D eigenvalue weighted by molar-refractivity contribution is 0.136. The molecular weight excluding hydrogens is 322 g/mol. The molecule has 3 nitrogen and oxygen atoms in total. The van der Waals surface area contributed by atoms with Crippen LogP contribution in [0.2, 0.25) is 0 Å². The molecule has 0 aliphatic carbocycles. The number of rotatable bonds is 4. The molecule has 4 aromatic rings. The second-order valence-electron chi connectivity index (χ2n) is 6.96. The summed E-state index contributed by atoms with van der Waals surface area (Å²) in [6, 6.07) is 23.1. The average Bonchev–Trinajstić information content (AvgIpc) is 2.71. The highest BCUT2D eigenvalue weighted by Gasteiger charge is 2.20. The van der Waals surface area contributed by atoms with Gasteiger partial charge in [-0.1, -0.05) is 60.7 Å². The molecule has 0 atom stereocenters. The first-order valence-corrected chi connectivity index (χ1v) is 8.75. The van der Waals surface area contributed by atoms with Crippen LogP contribution in [-0.4, -0.2) is 35.2 Å². The fourth-order valence-corrected chi connectivity index (χ4v) is 3.35. The molecule has 0 heterocycles. The number of hydrogen-bond acceptors (Lipinski definition) is 3. The third kappa shape index (κ3) is 2.75. The Morgan fingerprint density at radius 3 is 2.12 bits per heavy atom. The minimum Gasteiger partial charge on any atom is -0.394 e. The molecule has 0 amide bonds. The number of benzene rings is 4. The van der Waals surface area contributed by atoms with E-state index < -0.39 is 5.54 Å². The number of aliphatic hydroxyl groups is 2. The number of hydrogen-bond donors (Lipinski definition) is 2. The van der Waals surface area contributed by atoms with Gasteiger partial charge in [0.1, 0.15) is 5.54 Å². The van der Waals surface area contributed by atoms with Crippen LogP contribution in [0.5, 0.6) is 0 Å². The van der Waals surface area contributed by atoms with Crippen molar-refractivity contribution in [1.29, 1.82) is 0 Å². The molecule has 4 rings (SSSR count). The zero-order valence-electron chi connectivity index (χ0n) is 14.7. The van der Waals surface area contributed by atoms with Gasteiger partial charge < -0.3 is 10.2 Å². The second kappa shape index (κ2) is 6.52. The molecule has 0 radical (unpaired) electrons. The molecule has 0 unspecified atom stereocenters. The van der Waals surface area contributed by atoms with Crippen LogP contribution in [0.4, 0.5) is 0 Å². The first kappa shape index (κ1) is 16.7. The van der Waals surface area contributed by atoms with E-state index in [9.17, 15) is 10.2 Å². The largest absolute Gasteiger partial charge is 0.394 e. The van der Waals surface area contributed by atoms with Crippen LogP contribution in [0, 0.1) is 0 Å². The standard InChI is InChI=1S/C23H21NO2/c1-23(14-25,15-26)24-13-17-12-22-18-7-3-2-6-16(18)10-11-21(22)20-9-5-4-8-19(17)20/h2-13,25-26H,14-15H2,1H3. The summed E-state index contributed by atoms with van der Waals surface area (Å²) < 4.78 is 0. The summed E-state index contributed by atoms with van der Waals surface area (Å²) >= 11 is 0. The van der Waals surface area contributed by atoms with Gasteiger partial charge in [0.05, 0.1) is 13.2 Å². The van der Waals surface area contributed by atoms with Gasteiger partial charge in [0.15, 0.2) is 0 Å². The van der Waals surface area contributed by atoms with E-state index in [1.165, 1.54) is 26.9 Å². The fourth-order valence-electron chi connectivity index (χ4n) is 3.35. The molecular formula is C23H21NO2. The molecule has 0 saturated heterocycles. The second-order valence-corrected chi connectivity index (χ2v) is 6.96. The van der Waals surface area contributed by atoms with E-state index in [2.05, 4.69) is 53.5 Å². The summed E-state index contributed by atoms with van der Waals surface area (Å²) in [6.07, 6.45) is 1.77. The van der Waals surface area contributed by atoms with Crippen molar-refractivity contribution in [3.05, 3.63) is 72.3 Å². The normalized spacial score (nSPS) is 12.6. The Kier molecular flexibility index (Phi) is 4.19. The van der Waals surface area contributed by atoms with Gasteiger partial charge in [-0.2, -0.15) is 0 Å². The third-order valence-electron chi connectivity index (χ3n) is 5.00. The Bertz CT molecular complexity index is 1130. The first-order chi connectivity index (χ1) is 12.6. The molecule has 26 heavy (non-hydrogen) atoms. The Hall–Kier alpha value is -2.75. The monoisotopic (exact) mass is 343 g/mol. The highest BCUT2D eigenvalue weighted by Crippen LogP contribution is 2.33. The summed E-state index contributed by atoms with van der Waals surface area (Å²) in [5, 5.41) is 26.1. The smallest absolute Gasteiger partial charge is 0.104 e. The minimum atomic E-state index is -0.880. The fraction of sp³-hybridized carbons (Fsp3) is 0.174. The Balaban J connectivity index is 2.05. The Morgan fingerprint density at radius 2 is 1.38 bits per heavy atom. The number of aliphatic imine (C=N–C) groups is 1. The first-order valence-electron chi connectivity index (χ1n) is 8.75. The highest BCUT2D eigenvalue weighted by atomic mass is 16.3. The number of fused-ring (bicyclic) bond motifs is 5. The predicted octanol–water partition coefficient (Wildman–Crippen LogP) is 4.31. The van der Waals surface area contributed by atoms with Crippen molar-refractivity contribution in [1.82, 2.24) is 0 Å². The van der Waals surface area contributed by atoms with E-state index in [0.717, 1.165) is 10.9 Å². The van der Waals surface area contributed by atoms with Gasteiger partial charge in [0, 0.05) is 11.8 Å². The SMILES string of the molecule is CC(CO)(CO)N=Cc1cc2c3ccccc3ccc2c2ccccc12. The van der Waals surface area contributed by atoms with Crippen molar-refractivity contribution < 1.29 is 10.2 Å². The van der Waals surface area contributed by atoms with Gasteiger partial charge >= 0.3 is 0 Å². The maximum atomic E-state index is 9.52. The van der Waals surface area contributed by atoms with E-state index in [0.29, 0.717) is 0 Å². The third-order valence-corrected chi connectivity index (χ3v) is 5.00. The molecule has 3 heteroatoms. The van der Waals surface area contributed by atoms with Gasteiger partial charge in [-0.15, -0.1) is 0 Å². The van der Waals surface area contributed by atoms with Crippen molar-refractivity contribution in [2.75, 3.05) is 13.2 Å². The van der Waals surface area contributed by atoms with Crippen LogP contribution < -0.4 is 0 Å². The maximum Gasteiger partial charge on any atom is 0.104 e. The van der Waals surface area contributed by atoms with Gasteiger partial charge in [0.2, 0.25) is 0 Å². The molecule has 2 N–H and O–H groups in total. The van der Waals surface area contributed by atoms with Crippen molar-refractivity contribution in [2.24, 2.45) is 4.99 Å².